The molecule has 1 rings (SSSR count). The van der Waals surface area contributed by atoms with Crippen LogP contribution in [0.25, 0.3) is 0 Å². The lowest BCUT2D eigenvalue weighted by Gasteiger charge is -2.33. The molecule has 0 atom stereocenters. The van der Waals surface area contributed by atoms with Gasteiger partial charge in [-0.3, -0.25) is 9.80 Å². The summed E-state index contributed by atoms with van der Waals surface area (Å²) in [7, 11) is 8.09. The maximum absolute atomic E-state index is 5.43. The van der Waals surface area contributed by atoms with Crippen LogP contribution in [0.3, 0.4) is 0 Å². The Morgan fingerprint density at radius 3 is 1.75 bits per heavy atom. The van der Waals surface area contributed by atoms with Crippen LogP contribution in [0.5, 0.6) is 0 Å². The number of rotatable bonds is 3. The van der Waals surface area contributed by atoms with E-state index in [1.54, 1.807) is 0 Å². The average Bonchev–Trinajstić information content (AvgIpc) is 2.37. The van der Waals surface area contributed by atoms with E-state index in [0.29, 0.717) is 13.2 Å². The van der Waals surface area contributed by atoms with E-state index in [1.807, 2.05) is 28.2 Å². The van der Waals surface area contributed by atoms with Crippen molar-refractivity contribution in [2.45, 2.75) is 12.5 Å². The Balaban J connectivity index is 2.52. The van der Waals surface area contributed by atoms with Gasteiger partial charge in [0.25, 0.3) is 0 Å². The van der Waals surface area contributed by atoms with Crippen LogP contribution in [0.4, 0.5) is 0 Å². The molecule has 0 aromatic carbocycles. The third kappa shape index (κ3) is 2.17. The summed E-state index contributed by atoms with van der Waals surface area (Å²) in [6, 6.07) is 0. The van der Waals surface area contributed by atoms with Gasteiger partial charge in [-0.05, 0) is 28.2 Å². The van der Waals surface area contributed by atoms with Gasteiger partial charge < -0.3 is 9.47 Å². The third-order valence-electron chi connectivity index (χ3n) is 1.95. The summed E-state index contributed by atoms with van der Waals surface area (Å²) in [6.07, 6.45) is 0.0995. The Bertz CT molecular complexity index is 125. The van der Waals surface area contributed by atoms with E-state index in [9.17, 15) is 0 Å². The van der Waals surface area contributed by atoms with Gasteiger partial charge in [0.2, 0.25) is 0 Å². The van der Waals surface area contributed by atoms with Gasteiger partial charge in [-0.1, -0.05) is 0 Å². The Morgan fingerprint density at radius 2 is 1.42 bits per heavy atom. The van der Waals surface area contributed by atoms with Gasteiger partial charge in [0.05, 0.1) is 13.2 Å². The zero-order chi connectivity index (χ0) is 9.14. The van der Waals surface area contributed by atoms with E-state index in [4.69, 9.17) is 9.47 Å². The molecule has 0 amide bonds. The fourth-order valence-electron chi connectivity index (χ4n) is 1.50. The molecule has 0 N–H and O–H groups in total. The fourth-order valence-corrected chi connectivity index (χ4v) is 1.50. The molecule has 4 heteroatoms. The predicted octanol–water partition coefficient (Wildman–Crippen LogP) is -0.191. The Labute approximate surface area is 74.0 Å². The number of hydrogen-bond acceptors (Lipinski definition) is 4. The molecule has 1 fully saturated rings. The molecule has 0 unspecified atom stereocenters. The molecule has 0 saturated carbocycles. The quantitative estimate of drug-likeness (QED) is 0.554. The molecule has 4 nitrogen and oxygen atoms in total. The molecule has 1 heterocycles. The fraction of sp³-hybridized carbons (Fsp3) is 1.00. The van der Waals surface area contributed by atoms with Gasteiger partial charge in [0.15, 0.2) is 6.29 Å². The number of hydrogen-bond donors (Lipinski definition) is 0. The number of nitrogens with zero attached hydrogens (tertiary/aromatic N) is 2. The van der Waals surface area contributed by atoms with Crippen molar-refractivity contribution in [2.24, 2.45) is 0 Å². The summed E-state index contributed by atoms with van der Waals surface area (Å²) in [5.74, 6) is 0. The van der Waals surface area contributed by atoms with E-state index >= 15 is 0 Å². The van der Waals surface area contributed by atoms with E-state index < -0.39 is 0 Å². The lowest BCUT2D eigenvalue weighted by Crippen LogP contribution is -2.49. The van der Waals surface area contributed by atoms with Crippen molar-refractivity contribution in [1.29, 1.82) is 0 Å². The van der Waals surface area contributed by atoms with Crippen LogP contribution in [0.2, 0.25) is 0 Å². The summed E-state index contributed by atoms with van der Waals surface area (Å²) in [4.78, 5) is 4.19. The van der Waals surface area contributed by atoms with E-state index in [2.05, 4.69) is 9.80 Å². The molecule has 72 valence electrons. The van der Waals surface area contributed by atoms with Crippen LogP contribution in [-0.2, 0) is 9.47 Å². The third-order valence-corrected chi connectivity index (χ3v) is 1.95. The standard InChI is InChI=1S/C8H18N2O2/c1-9(2)7(10(3)4)8-11-5-6-12-8/h7-8H,5-6H2,1-4H3. The van der Waals surface area contributed by atoms with Gasteiger partial charge in [-0.25, -0.2) is 0 Å². The first-order chi connectivity index (χ1) is 5.63. The van der Waals surface area contributed by atoms with Crippen molar-refractivity contribution in [1.82, 2.24) is 9.80 Å². The molecule has 1 aliphatic rings. The molecule has 0 bridgehead atoms. The highest BCUT2D eigenvalue weighted by Gasteiger charge is 2.29. The summed E-state index contributed by atoms with van der Waals surface area (Å²) < 4.78 is 10.9. The van der Waals surface area contributed by atoms with Crippen molar-refractivity contribution in [3.63, 3.8) is 0 Å². The molecule has 0 radical (unpaired) electrons. The first-order valence-corrected chi connectivity index (χ1v) is 4.19. The van der Waals surface area contributed by atoms with Crippen molar-refractivity contribution < 1.29 is 9.47 Å². The van der Waals surface area contributed by atoms with Gasteiger partial charge in [0, 0.05) is 0 Å². The number of ether oxygens (including phenoxy) is 2. The first-order valence-electron chi connectivity index (χ1n) is 4.19. The Kier molecular flexibility index (Phi) is 3.46. The second kappa shape index (κ2) is 4.18. The largest absolute Gasteiger partial charge is 0.347 e. The lowest BCUT2D eigenvalue weighted by atomic mass is 10.4. The minimum Gasteiger partial charge on any atom is -0.347 e. The molecule has 1 saturated heterocycles. The molecule has 12 heavy (non-hydrogen) atoms. The minimum atomic E-state index is -0.102. The summed E-state index contributed by atoms with van der Waals surface area (Å²) in [5.41, 5.74) is 0. The van der Waals surface area contributed by atoms with Crippen molar-refractivity contribution in [3.8, 4) is 0 Å². The van der Waals surface area contributed by atoms with Crippen LogP contribution in [0.15, 0.2) is 0 Å². The lowest BCUT2D eigenvalue weighted by molar-refractivity contribution is -0.129. The maximum atomic E-state index is 5.43. The van der Waals surface area contributed by atoms with Crippen LogP contribution in [0, 0.1) is 0 Å². The zero-order valence-electron chi connectivity index (χ0n) is 8.28. The van der Waals surface area contributed by atoms with Crippen LogP contribution >= 0.6 is 0 Å². The topological polar surface area (TPSA) is 24.9 Å². The summed E-state index contributed by atoms with van der Waals surface area (Å²) >= 11 is 0. The smallest absolute Gasteiger partial charge is 0.186 e. The van der Waals surface area contributed by atoms with Crippen LogP contribution < -0.4 is 0 Å². The predicted molar refractivity (Wildman–Crippen MR) is 46.9 cm³/mol. The van der Waals surface area contributed by atoms with Gasteiger partial charge in [-0.2, -0.15) is 0 Å². The second-order valence-electron chi connectivity index (χ2n) is 3.45. The Morgan fingerprint density at radius 1 is 1.00 bits per heavy atom. The average molecular weight is 174 g/mol. The molecule has 0 spiro atoms. The SMILES string of the molecule is CN(C)C(C1OCCO1)N(C)C. The van der Waals surface area contributed by atoms with Crippen molar-refractivity contribution in [2.75, 3.05) is 41.4 Å². The second-order valence-corrected chi connectivity index (χ2v) is 3.45. The molecular formula is C8H18N2O2. The highest BCUT2D eigenvalue weighted by molar-refractivity contribution is 4.69. The van der Waals surface area contributed by atoms with Gasteiger partial charge >= 0.3 is 0 Å². The Hall–Kier alpha value is -0.160. The van der Waals surface area contributed by atoms with E-state index in [-0.39, 0.29) is 12.5 Å². The van der Waals surface area contributed by atoms with Gasteiger partial charge in [0.1, 0.15) is 6.17 Å². The van der Waals surface area contributed by atoms with Crippen molar-refractivity contribution in [3.05, 3.63) is 0 Å². The maximum Gasteiger partial charge on any atom is 0.186 e. The molecular weight excluding hydrogens is 156 g/mol. The highest BCUT2D eigenvalue weighted by Crippen LogP contribution is 2.13. The highest BCUT2D eigenvalue weighted by atomic mass is 16.7. The van der Waals surface area contributed by atoms with Gasteiger partial charge in [-0.15, -0.1) is 0 Å². The van der Waals surface area contributed by atoms with E-state index in [0.717, 1.165) is 0 Å². The zero-order valence-corrected chi connectivity index (χ0v) is 8.28. The molecule has 0 aromatic rings. The van der Waals surface area contributed by atoms with Crippen molar-refractivity contribution >= 4 is 0 Å². The minimum absolute atomic E-state index is 0.102. The molecule has 1 aliphatic heterocycles. The van der Waals surface area contributed by atoms with Crippen LogP contribution in [0.1, 0.15) is 0 Å². The first kappa shape index (κ1) is 9.92. The molecule has 0 aromatic heterocycles. The normalized spacial score (nSPS) is 20.2. The summed E-state index contributed by atoms with van der Waals surface area (Å²) in [6.45, 7) is 1.42. The number of likely N-dealkylation sites (N-methyl/N-ethyl adjacent to an activating group) is 2. The van der Waals surface area contributed by atoms with Crippen LogP contribution in [-0.4, -0.2) is 63.7 Å². The van der Waals surface area contributed by atoms with E-state index in [1.165, 1.54) is 0 Å². The monoisotopic (exact) mass is 174 g/mol. The molecule has 0 aliphatic carbocycles. The summed E-state index contributed by atoms with van der Waals surface area (Å²) in [5, 5.41) is 0.